The number of carbonyl (C=O) groups excluding carboxylic acids is 3. The molecule has 1 saturated carbocycles. The molecule has 0 N–H and O–H groups in total. The quantitative estimate of drug-likeness (QED) is 0.648. The minimum atomic E-state index is -0.614. The second-order valence-corrected chi connectivity index (χ2v) is 8.64. The van der Waals surface area contributed by atoms with Gasteiger partial charge in [0.25, 0.3) is 0 Å². The van der Waals surface area contributed by atoms with Crippen molar-refractivity contribution < 1.29 is 28.6 Å². The van der Waals surface area contributed by atoms with Crippen molar-refractivity contribution in [1.29, 1.82) is 0 Å². The summed E-state index contributed by atoms with van der Waals surface area (Å²) >= 11 is 0. The molecule has 8 nitrogen and oxygen atoms in total. The van der Waals surface area contributed by atoms with Crippen molar-refractivity contribution in [2.45, 2.75) is 38.5 Å². The normalized spacial score (nSPS) is 19.7. The average Bonchev–Trinajstić information content (AvgIpc) is 3.68. The molecule has 0 unspecified atom stereocenters. The maximum Gasteiger partial charge on any atom is 0.355 e. The lowest BCUT2D eigenvalue weighted by Gasteiger charge is -2.34. The number of rotatable bonds is 5. The standard InChI is InChI=1S/C24H30N2O6/c1-15-12-18(16-8-10-25(11-9-16)22(27)17-4-5-17)6-7-20(15)26-14-32-13-19(23(28)30-2)21(26)24(29)31-3/h6-7,12,16-17H,4-5,8-11,13-14H2,1-3H3. The number of ether oxygens (including phenoxy) is 3. The van der Waals surface area contributed by atoms with E-state index in [9.17, 15) is 14.4 Å². The second-order valence-electron chi connectivity index (χ2n) is 8.64. The van der Waals surface area contributed by atoms with Crippen molar-refractivity contribution in [2.75, 3.05) is 45.5 Å². The Morgan fingerprint density at radius 3 is 2.28 bits per heavy atom. The number of nitrogens with zero attached hydrogens (tertiary/aromatic N) is 2. The summed E-state index contributed by atoms with van der Waals surface area (Å²) in [4.78, 5) is 40.7. The third kappa shape index (κ3) is 4.37. The van der Waals surface area contributed by atoms with E-state index in [1.165, 1.54) is 19.8 Å². The van der Waals surface area contributed by atoms with Gasteiger partial charge in [0, 0.05) is 24.7 Å². The van der Waals surface area contributed by atoms with Crippen LogP contribution in [-0.4, -0.2) is 63.4 Å². The molecule has 32 heavy (non-hydrogen) atoms. The van der Waals surface area contributed by atoms with Crippen LogP contribution >= 0.6 is 0 Å². The number of hydrogen-bond acceptors (Lipinski definition) is 7. The summed E-state index contributed by atoms with van der Waals surface area (Å²) in [7, 11) is 2.56. The first-order valence-corrected chi connectivity index (χ1v) is 11.1. The van der Waals surface area contributed by atoms with Crippen LogP contribution in [0, 0.1) is 12.8 Å². The summed E-state index contributed by atoms with van der Waals surface area (Å²) in [5.41, 5.74) is 3.25. The van der Waals surface area contributed by atoms with Crippen LogP contribution in [0.2, 0.25) is 0 Å². The van der Waals surface area contributed by atoms with Gasteiger partial charge in [0.15, 0.2) is 0 Å². The van der Waals surface area contributed by atoms with Gasteiger partial charge in [-0.15, -0.1) is 0 Å². The van der Waals surface area contributed by atoms with Gasteiger partial charge in [-0.1, -0.05) is 12.1 Å². The van der Waals surface area contributed by atoms with E-state index in [0.29, 0.717) is 11.8 Å². The number of anilines is 1. The molecule has 0 bridgehead atoms. The summed E-state index contributed by atoms with van der Waals surface area (Å²) in [5.74, 6) is -0.234. The SMILES string of the molecule is COC(=O)C1=C(C(=O)OC)N(c2ccc(C3CCN(C(=O)C4CC4)CC3)cc2C)COC1. The minimum absolute atomic E-state index is 0.0110. The zero-order valence-electron chi connectivity index (χ0n) is 18.9. The smallest absolute Gasteiger partial charge is 0.355 e. The van der Waals surface area contributed by atoms with Crippen LogP contribution in [0.15, 0.2) is 29.5 Å². The Kier molecular flexibility index (Phi) is 6.50. The summed E-state index contributed by atoms with van der Waals surface area (Å²) in [6, 6.07) is 6.14. The monoisotopic (exact) mass is 442 g/mol. The second kappa shape index (κ2) is 9.32. The zero-order valence-corrected chi connectivity index (χ0v) is 18.9. The predicted molar refractivity (Wildman–Crippen MR) is 117 cm³/mol. The number of esters is 2. The van der Waals surface area contributed by atoms with Crippen LogP contribution in [0.3, 0.4) is 0 Å². The Morgan fingerprint density at radius 2 is 1.69 bits per heavy atom. The number of amides is 1. The first-order chi connectivity index (χ1) is 15.4. The van der Waals surface area contributed by atoms with E-state index in [0.717, 1.165) is 50.0 Å². The number of aryl methyl sites for hydroxylation is 1. The highest BCUT2D eigenvalue weighted by molar-refractivity contribution is 6.03. The molecule has 172 valence electrons. The highest BCUT2D eigenvalue weighted by atomic mass is 16.5. The van der Waals surface area contributed by atoms with Crippen LogP contribution in [0.25, 0.3) is 0 Å². The number of likely N-dealkylation sites (tertiary alicyclic amines) is 1. The van der Waals surface area contributed by atoms with Gasteiger partial charge >= 0.3 is 11.9 Å². The highest BCUT2D eigenvalue weighted by Crippen LogP contribution is 2.36. The molecule has 4 rings (SSSR count). The molecular weight excluding hydrogens is 412 g/mol. The molecule has 2 heterocycles. The third-order valence-corrected chi connectivity index (χ3v) is 6.55. The molecule has 1 saturated heterocycles. The Morgan fingerprint density at radius 1 is 1.00 bits per heavy atom. The van der Waals surface area contributed by atoms with Crippen LogP contribution in [0.5, 0.6) is 0 Å². The maximum absolute atomic E-state index is 12.5. The van der Waals surface area contributed by atoms with Gasteiger partial charge in [-0.2, -0.15) is 0 Å². The molecule has 0 radical (unpaired) electrons. The number of methoxy groups -OCH3 is 2. The fourth-order valence-electron chi connectivity index (χ4n) is 4.59. The van der Waals surface area contributed by atoms with Gasteiger partial charge in [0.05, 0.1) is 26.4 Å². The molecule has 0 spiro atoms. The maximum atomic E-state index is 12.5. The van der Waals surface area contributed by atoms with Crippen LogP contribution in [-0.2, 0) is 28.6 Å². The molecule has 0 aromatic heterocycles. The first kappa shape index (κ1) is 22.3. The summed E-state index contributed by atoms with van der Waals surface area (Å²) in [5, 5.41) is 0. The summed E-state index contributed by atoms with van der Waals surface area (Å²) in [6.07, 6.45) is 3.98. The van der Waals surface area contributed by atoms with Crippen LogP contribution < -0.4 is 4.90 Å². The van der Waals surface area contributed by atoms with E-state index in [4.69, 9.17) is 14.2 Å². The third-order valence-electron chi connectivity index (χ3n) is 6.55. The largest absolute Gasteiger partial charge is 0.466 e. The molecule has 2 aliphatic heterocycles. The Labute approximate surface area is 188 Å². The Hall–Kier alpha value is -2.87. The molecular formula is C24H30N2O6. The lowest BCUT2D eigenvalue weighted by atomic mass is 9.88. The molecule has 3 aliphatic rings. The van der Waals surface area contributed by atoms with Crippen molar-refractivity contribution >= 4 is 23.5 Å². The van der Waals surface area contributed by atoms with E-state index < -0.39 is 11.9 Å². The van der Waals surface area contributed by atoms with Gasteiger partial charge in [-0.25, -0.2) is 9.59 Å². The van der Waals surface area contributed by atoms with Gasteiger partial charge < -0.3 is 24.0 Å². The Bertz CT molecular complexity index is 944. The number of carbonyl (C=O) groups is 3. The van der Waals surface area contributed by atoms with E-state index >= 15 is 0 Å². The zero-order chi connectivity index (χ0) is 22.8. The highest BCUT2D eigenvalue weighted by Gasteiger charge is 2.36. The fraction of sp³-hybridized carbons (Fsp3) is 0.542. The fourth-order valence-corrected chi connectivity index (χ4v) is 4.59. The lowest BCUT2D eigenvalue weighted by molar-refractivity contribution is -0.140. The van der Waals surface area contributed by atoms with Crippen molar-refractivity contribution in [1.82, 2.24) is 4.90 Å². The molecule has 8 heteroatoms. The van der Waals surface area contributed by atoms with E-state index in [1.807, 2.05) is 17.9 Å². The van der Waals surface area contributed by atoms with E-state index in [-0.39, 0.29) is 30.5 Å². The summed E-state index contributed by atoms with van der Waals surface area (Å²) in [6.45, 7) is 3.71. The average molecular weight is 443 g/mol. The van der Waals surface area contributed by atoms with Gasteiger partial charge in [0.2, 0.25) is 5.91 Å². The number of piperidine rings is 1. The number of hydrogen-bond donors (Lipinski definition) is 0. The molecule has 2 fully saturated rings. The molecule has 1 aliphatic carbocycles. The van der Waals surface area contributed by atoms with Gasteiger partial charge in [-0.3, -0.25) is 4.79 Å². The minimum Gasteiger partial charge on any atom is -0.466 e. The van der Waals surface area contributed by atoms with Crippen LogP contribution in [0.4, 0.5) is 5.69 Å². The van der Waals surface area contributed by atoms with Crippen molar-refractivity contribution in [3.63, 3.8) is 0 Å². The van der Waals surface area contributed by atoms with Gasteiger partial charge in [-0.05, 0) is 55.7 Å². The topological polar surface area (TPSA) is 85.4 Å². The molecule has 1 amide bonds. The van der Waals surface area contributed by atoms with Crippen molar-refractivity contribution in [2.24, 2.45) is 5.92 Å². The molecule has 1 aromatic carbocycles. The van der Waals surface area contributed by atoms with Gasteiger partial charge in [0.1, 0.15) is 12.4 Å². The first-order valence-electron chi connectivity index (χ1n) is 11.1. The molecule has 1 aromatic rings. The summed E-state index contributed by atoms with van der Waals surface area (Å²) < 4.78 is 15.4. The van der Waals surface area contributed by atoms with Crippen molar-refractivity contribution in [3.05, 3.63) is 40.6 Å². The van der Waals surface area contributed by atoms with E-state index in [1.54, 1.807) is 4.90 Å². The Balaban J connectivity index is 1.54. The number of benzene rings is 1. The molecule has 0 atom stereocenters. The lowest BCUT2D eigenvalue weighted by Crippen LogP contribution is -2.39. The van der Waals surface area contributed by atoms with Crippen LogP contribution in [0.1, 0.15) is 42.7 Å². The van der Waals surface area contributed by atoms with Crippen molar-refractivity contribution in [3.8, 4) is 0 Å². The predicted octanol–water partition coefficient (Wildman–Crippen LogP) is 2.51. The van der Waals surface area contributed by atoms with E-state index in [2.05, 4.69) is 12.1 Å².